The van der Waals surface area contributed by atoms with Gasteiger partial charge >= 0.3 is 6.03 Å². The minimum absolute atomic E-state index is 0.0300. The van der Waals surface area contributed by atoms with Crippen molar-refractivity contribution in [3.63, 3.8) is 0 Å². The van der Waals surface area contributed by atoms with E-state index >= 15 is 0 Å². The monoisotopic (exact) mass is 261 g/mol. The third-order valence-corrected chi connectivity index (χ3v) is 2.40. The summed E-state index contributed by atoms with van der Waals surface area (Å²) in [5.41, 5.74) is 1.17. The van der Waals surface area contributed by atoms with E-state index in [-0.39, 0.29) is 18.5 Å². The van der Waals surface area contributed by atoms with Gasteiger partial charge in [0.2, 0.25) is 5.91 Å². The van der Waals surface area contributed by atoms with Crippen molar-refractivity contribution in [3.05, 3.63) is 48.6 Å². The lowest BCUT2D eigenvalue weighted by Crippen LogP contribution is -2.42. The van der Waals surface area contributed by atoms with Gasteiger partial charge in [-0.25, -0.2) is 4.79 Å². The fourth-order valence-electron chi connectivity index (χ4n) is 1.44. The lowest BCUT2D eigenvalue weighted by atomic mass is 10.1. The van der Waals surface area contributed by atoms with Crippen molar-refractivity contribution in [2.75, 3.05) is 19.6 Å². The fourth-order valence-corrected chi connectivity index (χ4v) is 1.44. The summed E-state index contributed by atoms with van der Waals surface area (Å²) in [6, 6.07) is 9.51. The standard InChI is InChI=1S/C14H19N3O2/c1-2-9-16-14(19)17-11-13(18)15-10-8-12-6-4-3-5-7-12/h2-7H,1,8-11H2,(H,15,18)(H2,16,17,19). The summed E-state index contributed by atoms with van der Waals surface area (Å²) in [5.74, 6) is -0.204. The molecule has 0 aromatic heterocycles. The molecule has 1 rings (SSSR count). The van der Waals surface area contributed by atoms with Gasteiger partial charge in [0, 0.05) is 13.1 Å². The molecule has 0 aliphatic heterocycles. The van der Waals surface area contributed by atoms with Crippen LogP contribution in [0.2, 0.25) is 0 Å². The number of hydrogen-bond acceptors (Lipinski definition) is 2. The first-order chi connectivity index (χ1) is 9.22. The summed E-state index contributed by atoms with van der Waals surface area (Å²) in [6.07, 6.45) is 2.34. The third-order valence-electron chi connectivity index (χ3n) is 2.40. The van der Waals surface area contributed by atoms with Crippen molar-refractivity contribution < 1.29 is 9.59 Å². The second-order valence-electron chi connectivity index (χ2n) is 3.94. The van der Waals surface area contributed by atoms with Gasteiger partial charge in [0.1, 0.15) is 0 Å². The minimum atomic E-state index is -0.377. The van der Waals surface area contributed by atoms with E-state index in [0.717, 1.165) is 6.42 Å². The molecule has 0 aliphatic carbocycles. The van der Waals surface area contributed by atoms with Crippen LogP contribution >= 0.6 is 0 Å². The molecule has 0 heterocycles. The molecule has 1 aromatic rings. The molecule has 0 atom stereocenters. The number of hydrogen-bond donors (Lipinski definition) is 3. The van der Waals surface area contributed by atoms with Crippen LogP contribution in [0.1, 0.15) is 5.56 Å². The van der Waals surface area contributed by atoms with Gasteiger partial charge in [-0.15, -0.1) is 6.58 Å². The van der Waals surface area contributed by atoms with E-state index in [1.165, 1.54) is 5.56 Å². The van der Waals surface area contributed by atoms with Gasteiger partial charge in [0.25, 0.3) is 0 Å². The Balaban J connectivity index is 2.11. The summed E-state index contributed by atoms with van der Waals surface area (Å²) >= 11 is 0. The SMILES string of the molecule is C=CCNC(=O)NCC(=O)NCCc1ccccc1. The highest BCUT2D eigenvalue weighted by atomic mass is 16.2. The molecule has 5 heteroatoms. The van der Waals surface area contributed by atoms with Crippen LogP contribution in [-0.2, 0) is 11.2 Å². The molecular formula is C14H19N3O2. The highest BCUT2D eigenvalue weighted by Crippen LogP contribution is 1.97. The van der Waals surface area contributed by atoms with Crippen LogP contribution < -0.4 is 16.0 Å². The number of urea groups is 1. The van der Waals surface area contributed by atoms with Crippen LogP contribution in [0.15, 0.2) is 43.0 Å². The predicted molar refractivity (Wildman–Crippen MR) is 74.8 cm³/mol. The van der Waals surface area contributed by atoms with Gasteiger partial charge in [-0.05, 0) is 12.0 Å². The first-order valence-electron chi connectivity index (χ1n) is 6.15. The molecule has 102 valence electrons. The van der Waals surface area contributed by atoms with Gasteiger partial charge in [-0.1, -0.05) is 36.4 Å². The van der Waals surface area contributed by atoms with Crippen molar-refractivity contribution in [3.8, 4) is 0 Å². The average Bonchev–Trinajstić information content (AvgIpc) is 2.44. The maximum Gasteiger partial charge on any atom is 0.315 e. The largest absolute Gasteiger partial charge is 0.354 e. The lowest BCUT2D eigenvalue weighted by Gasteiger charge is -2.07. The fraction of sp³-hybridized carbons (Fsp3) is 0.286. The number of benzene rings is 1. The first-order valence-corrected chi connectivity index (χ1v) is 6.15. The normalized spacial score (nSPS) is 9.47. The molecule has 5 nitrogen and oxygen atoms in total. The lowest BCUT2D eigenvalue weighted by molar-refractivity contribution is -0.120. The molecule has 0 saturated carbocycles. The maximum atomic E-state index is 11.4. The Morgan fingerprint density at radius 1 is 1.11 bits per heavy atom. The Morgan fingerprint density at radius 2 is 1.84 bits per heavy atom. The summed E-state index contributed by atoms with van der Waals surface area (Å²) in [5, 5.41) is 7.72. The third kappa shape index (κ3) is 6.88. The quantitative estimate of drug-likeness (QED) is 0.636. The molecule has 19 heavy (non-hydrogen) atoms. The van der Waals surface area contributed by atoms with Gasteiger partial charge < -0.3 is 16.0 Å². The van der Waals surface area contributed by atoms with Crippen LogP contribution in [0.5, 0.6) is 0 Å². The van der Waals surface area contributed by atoms with Crippen LogP contribution in [0.25, 0.3) is 0 Å². The van der Waals surface area contributed by atoms with Crippen LogP contribution in [0, 0.1) is 0 Å². The summed E-state index contributed by atoms with van der Waals surface area (Å²) in [7, 11) is 0. The topological polar surface area (TPSA) is 70.2 Å². The van der Waals surface area contributed by atoms with Crippen molar-refractivity contribution in [2.24, 2.45) is 0 Å². The van der Waals surface area contributed by atoms with E-state index in [9.17, 15) is 9.59 Å². The molecular weight excluding hydrogens is 242 g/mol. The Bertz CT molecular complexity index is 418. The summed E-state index contributed by atoms with van der Waals surface area (Å²) < 4.78 is 0. The van der Waals surface area contributed by atoms with E-state index in [0.29, 0.717) is 13.1 Å². The van der Waals surface area contributed by atoms with E-state index in [1.54, 1.807) is 6.08 Å². The summed E-state index contributed by atoms with van der Waals surface area (Å²) in [6.45, 7) is 4.38. The zero-order chi connectivity index (χ0) is 13.9. The summed E-state index contributed by atoms with van der Waals surface area (Å²) in [4.78, 5) is 22.6. The number of carbonyl (C=O) groups excluding carboxylic acids is 2. The number of rotatable bonds is 7. The average molecular weight is 261 g/mol. The smallest absolute Gasteiger partial charge is 0.315 e. The zero-order valence-corrected chi connectivity index (χ0v) is 10.8. The molecule has 0 bridgehead atoms. The Hall–Kier alpha value is -2.30. The van der Waals surface area contributed by atoms with Crippen molar-refractivity contribution in [2.45, 2.75) is 6.42 Å². The predicted octanol–water partition coefficient (Wildman–Crippen LogP) is 0.830. The second kappa shape index (κ2) is 8.74. The van der Waals surface area contributed by atoms with Crippen molar-refractivity contribution >= 4 is 11.9 Å². The van der Waals surface area contributed by atoms with Gasteiger partial charge in [0.05, 0.1) is 6.54 Å². The van der Waals surface area contributed by atoms with E-state index in [4.69, 9.17) is 0 Å². The van der Waals surface area contributed by atoms with Crippen molar-refractivity contribution in [1.29, 1.82) is 0 Å². The Morgan fingerprint density at radius 3 is 2.53 bits per heavy atom. The van der Waals surface area contributed by atoms with Crippen LogP contribution in [0.4, 0.5) is 4.79 Å². The van der Waals surface area contributed by atoms with E-state index in [2.05, 4.69) is 22.5 Å². The highest BCUT2D eigenvalue weighted by molar-refractivity contribution is 5.83. The zero-order valence-electron chi connectivity index (χ0n) is 10.8. The Kier molecular flexibility index (Phi) is 6.79. The molecule has 1 aromatic carbocycles. The molecule has 0 saturated heterocycles. The van der Waals surface area contributed by atoms with Crippen molar-refractivity contribution in [1.82, 2.24) is 16.0 Å². The molecule has 0 unspecified atom stereocenters. The second-order valence-corrected chi connectivity index (χ2v) is 3.94. The van der Waals surface area contributed by atoms with Gasteiger partial charge in [-0.3, -0.25) is 4.79 Å². The molecule has 3 amide bonds. The van der Waals surface area contributed by atoms with Gasteiger partial charge in [-0.2, -0.15) is 0 Å². The number of amides is 3. The molecule has 3 N–H and O–H groups in total. The highest BCUT2D eigenvalue weighted by Gasteiger charge is 2.03. The molecule has 0 fully saturated rings. The molecule has 0 aliphatic rings. The first kappa shape index (κ1) is 14.8. The minimum Gasteiger partial charge on any atom is -0.354 e. The molecule has 0 spiro atoms. The van der Waals surface area contributed by atoms with E-state index in [1.807, 2.05) is 30.3 Å². The van der Waals surface area contributed by atoms with Crippen LogP contribution in [0.3, 0.4) is 0 Å². The van der Waals surface area contributed by atoms with Gasteiger partial charge in [0.15, 0.2) is 0 Å². The van der Waals surface area contributed by atoms with E-state index < -0.39 is 0 Å². The maximum absolute atomic E-state index is 11.4. The Labute approximate surface area is 113 Å². The number of carbonyl (C=O) groups is 2. The van der Waals surface area contributed by atoms with Crippen LogP contribution in [-0.4, -0.2) is 31.6 Å². The molecule has 0 radical (unpaired) electrons. The number of nitrogens with one attached hydrogen (secondary N) is 3.